The van der Waals surface area contributed by atoms with Gasteiger partial charge in [0, 0.05) is 18.7 Å². The van der Waals surface area contributed by atoms with Gasteiger partial charge in [-0.1, -0.05) is 53.3 Å². The van der Waals surface area contributed by atoms with Gasteiger partial charge in [-0.05, 0) is 42.0 Å². The van der Waals surface area contributed by atoms with Gasteiger partial charge in [0.25, 0.3) is 0 Å². The third-order valence-electron chi connectivity index (χ3n) is 5.96. The third-order valence-corrected chi connectivity index (χ3v) is 7.50. The molecule has 1 atom stereocenters. The van der Waals surface area contributed by atoms with E-state index in [-0.39, 0.29) is 30.6 Å². The van der Waals surface area contributed by atoms with E-state index in [2.05, 4.69) is 0 Å². The van der Waals surface area contributed by atoms with Crippen LogP contribution in [0.1, 0.15) is 12.0 Å². The van der Waals surface area contributed by atoms with Crippen molar-refractivity contribution in [3.05, 3.63) is 83.1 Å². The molecule has 0 aliphatic carbocycles. The number of rotatable bonds is 6. The van der Waals surface area contributed by atoms with Gasteiger partial charge in [-0.15, -0.1) is 0 Å². The number of nitrogens with zero attached hydrogens (tertiary/aromatic N) is 3. The molecular formula is C26H21ClFN3O3S. The van der Waals surface area contributed by atoms with E-state index in [9.17, 15) is 14.0 Å². The highest BCUT2D eigenvalue weighted by atomic mass is 35.5. The third kappa shape index (κ3) is 4.59. The van der Waals surface area contributed by atoms with Crippen LogP contribution in [0.2, 0.25) is 5.02 Å². The topological polar surface area (TPSA) is 62.7 Å². The highest BCUT2D eigenvalue weighted by Gasteiger charge is 2.38. The summed E-state index contributed by atoms with van der Waals surface area (Å²) in [5, 5.41) is 1.00. The molecule has 4 aromatic rings. The van der Waals surface area contributed by atoms with E-state index in [1.165, 1.54) is 28.4 Å². The standard InChI is InChI=1S/C26H21ClFN3O3S/c1-34-21-12-11-20(27)24-23(21)29-26(35-24)31(14-16-5-3-2-4-6-16)25(33)17-13-22(32)30(15-17)19-9-7-18(28)8-10-19/h2-12,17H,13-15H2,1H3. The van der Waals surface area contributed by atoms with Crippen molar-refractivity contribution in [2.45, 2.75) is 13.0 Å². The van der Waals surface area contributed by atoms with E-state index < -0.39 is 5.92 Å². The Morgan fingerprint density at radius 2 is 1.91 bits per heavy atom. The van der Waals surface area contributed by atoms with Crippen LogP contribution in [-0.2, 0) is 16.1 Å². The summed E-state index contributed by atoms with van der Waals surface area (Å²) in [5.74, 6) is -0.769. The number of thiazole rings is 1. The van der Waals surface area contributed by atoms with Crippen LogP contribution in [-0.4, -0.2) is 30.5 Å². The largest absolute Gasteiger partial charge is 0.494 e. The average molecular weight is 510 g/mol. The molecule has 1 fully saturated rings. The molecule has 0 saturated carbocycles. The maximum atomic E-state index is 13.8. The number of fused-ring (bicyclic) bond motifs is 1. The number of methoxy groups -OCH3 is 1. The van der Waals surface area contributed by atoms with Gasteiger partial charge in [-0.2, -0.15) is 0 Å². The second-order valence-electron chi connectivity index (χ2n) is 8.22. The molecule has 0 spiro atoms. The normalized spacial score (nSPS) is 15.6. The second-order valence-corrected chi connectivity index (χ2v) is 9.60. The molecule has 1 aromatic heterocycles. The number of carbonyl (C=O) groups is 2. The minimum Gasteiger partial charge on any atom is -0.494 e. The van der Waals surface area contributed by atoms with Gasteiger partial charge in [0.05, 0.1) is 29.3 Å². The first-order chi connectivity index (χ1) is 16.9. The number of hydrogen-bond donors (Lipinski definition) is 0. The Kier molecular flexibility index (Phi) is 6.40. The molecule has 5 rings (SSSR count). The van der Waals surface area contributed by atoms with E-state index in [0.29, 0.717) is 33.7 Å². The number of benzene rings is 3. The molecule has 2 heterocycles. The molecular weight excluding hydrogens is 489 g/mol. The molecule has 35 heavy (non-hydrogen) atoms. The van der Waals surface area contributed by atoms with Crippen LogP contribution < -0.4 is 14.5 Å². The zero-order chi connectivity index (χ0) is 24.5. The van der Waals surface area contributed by atoms with Crippen LogP contribution in [0.4, 0.5) is 15.2 Å². The van der Waals surface area contributed by atoms with Crippen LogP contribution in [0.15, 0.2) is 66.7 Å². The first kappa shape index (κ1) is 23.3. The molecule has 3 aromatic carbocycles. The van der Waals surface area contributed by atoms with Crippen molar-refractivity contribution >= 4 is 55.8 Å². The molecule has 0 N–H and O–H groups in total. The van der Waals surface area contributed by atoms with Crippen LogP contribution >= 0.6 is 22.9 Å². The highest BCUT2D eigenvalue weighted by Crippen LogP contribution is 2.40. The van der Waals surface area contributed by atoms with E-state index in [1.807, 2.05) is 30.3 Å². The maximum Gasteiger partial charge on any atom is 0.234 e. The van der Waals surface area contributed by atoms with Gasteiger partial charge in [0.2, 0.25) is 11.8 Å². The maximum absolute atomic E-state index is 13.8. The van der Waals surface area contributed by atoms with Gasteiger partial charge in [-0.25, -0.2) is 9.37 Å². The molecule has 1 aliphatic heterocycles. The van der Waals surface area contributed by atoms with Crippen LogP contribution in [0, 0.1) is 11.7 Å². The summed E-state index contributed by atoms with van der Waals surface area (Å²) >= 11 is 7.73. The Hall–Kier alpha value is -3.49. The number of halogens is 2. The van der Waals surface area contributed by atoms with Crippen molar-refractivity contribution in [1.29, 1.82) is 0 Å². The van der Waals surface area contributed by atoms with Crippen LogP contribution in [0.25, 0.3) is 10.2 Å². The fourth-order valence-electron chi connectivity index (χ4n) is 4.19. The van der Waals surface area contributed by atoms with Crippen molar-refractivity contribution < 1.29 is 18.7 Å². The molecule has 2 amide bonds. The van der Waals surface area contributed by atoms with Crippen molar-refractivity contribution in [3.8, 4) is 5.75 Å². The van der Waals surface area contributed by atoms with Crippen LogP contribution in [0.5, 0.6) is 5.75 Å². The van der Waals surface area contributed by atoms with Crippen molar-refractivity contribution in [3.63, 3.8) is 0 Å². The number of anilines is 2. The number of hydrogen-bond acceptors (Lipinski definition) is 5. The SMILES string of the molecule is COc1ccc(Cl)c2sc(N(Cc3ccccc3)C(=O)C3CC(=O)N(c4ccc(F)cc4)C3)nc12. The first-order valence-electron chi connectivity index (χ1n) is 11.0. The fourth-order valence-corrected chi connectivity index (χ4v) is 5.45. The first-order valence-corrected chi connectivity index (χ1v) is 12.2. The Bertz CT molecular complexity index is 1390. The Morgan fingerprint density at radius 3 is 2.63 bits per heavy atom. The zero-order valence-electron chi connectivity index (χ0n) is 18.8. The van der Waals surface area contributed by atoms with E-state index >= 15 is 0 Å². The lowest BCUT2D eigenvalue weighted by molar-refractivity contribution is -0.124. The fraction of sp³-hybridized carbons (Fsp3) is 0.192. The summed E-state index contributed by atoms with van der Waals surface area (Å²) < 4.78 is 19.5. The van der Waals surface area contributed by atoms with Crippen molar-refractivity contribution in [2.24, 2.45) is 5.92 Å². The molecule has 9 heteroatoms. The second kappa shape index (κ2) is 9.64. The lowest BCUT2D eigenvalue weighted by Crippen LogP contribution is -2.37. The molecule has 1 saturated heterocycles. The molecule has 1 aliphatic rings. The van der Waals surface area contributed by atoms with E-state index in [1.54, 1.807) is 36.3 Å². The Morgan fingerprint density at radius 1 is 1.17 bits per heavy atom. The predicted octanol–water partition coefficient (Wildman–Crippen LogP) is 5.68. The van der Waals surface area contributed by atoms with Gasteiger partial charge < -0.3 is 9.64 Å². The minimum absolute atomic E-state index is 0.0659. The lowest BCUT2D eigenvalue weighted by Gasteiger charge is -2.23. The summed E-state index contributed by atoms with van der Waals surface area (Å²) in [7, 11) is 1.56. The summed E-state index contributed by atoms with van der Waals surface area (Å²) in [6.45, 7) is 0.504. The zero-order valence-corrected chi connectivity index (χ0v) is 20.4. The van der Waals surface area contributed by atoms with E-state index in [4.69, 9.17) is 21.3 Å². The Labute approximate surface area is 210 Å². The minimum atomic E-state index is -0.569. The highest BCUT2D eigenvalue weighted by molar-refractivity contribution is 7.23. The molecule has 178 valence electrons. The number of aromatic nitrogens is 1. The molecule has 0 radical (unpaired) electrons. The predicted molar refractivity (Wildman–Crippen MR) is 136 cm³/mol. The van der Waals surface area contributed by atoms with Crippen molar-refractivity contribution in [1.82, 2.24) is 4.98 Å². The Balaban J connectivity index is 1.50. The number of ether oxygens (including phenoxy) is 1. The van der Waals surface area contributed by atoms with Gasteiger partial charge in [-0.3, -0.25) is 14.5 Å². The van der Waals surface area contributed by atoms with Gasteiger partial charge >= 0.3 is 0 Å². The van der Waals surface area contributed by atoms with Crippen molar-refractivity contribution in [2.75, 3.05) is 23.5 Å². The van der Waals surface area contributed by atoms with Gasteiger partial charge in [0.1, 0.15) is 17.1 Å². The average Bonchev–Trinajstić information content (AvgIpc) is 3.48. The molecule has 1 unspecified atom stereocenters. The van der Waals surface area contributed by atoms with Gasteiger partial charge in [0.15, 0.2) is 5.13 Å². The summed E-state index contributed by atoms with van der Waals surface area (Å²) in [4.78, 5) is 34.5. The quantitative estimate of drug-likeness (QED) is 0.335. The molecule has 6 nitrogen and oxygen atoms in total. The summed E-state index contributed by atoms with van der Waals surface area (Å²) in [6.07, 6.45) is 0.0659. The smallest absolute Gasteiger partial charge is 0.234 e. The number of carbonyl (C=O) groups excluding carboxylic acids is 2. The summed E-state index contributed by atoms with van der Waals surface area (Å²) in [5.41, 5.74) is 2.08. The molecule has 0 bridgehead atoms. The van der Waals surface area contributed by atoms with E-state index in [0.717, 1.165) is 10.3 Å². The summed E-state index contributed by atoms with van der Waals surface area (Å²) in [6, 6.07) is 18.8. The van der Waals surface area contributed by atoms with Crippen LogP contribution in [0.3, 0.4) is 0 Å². The monoisotopic (exact) mass is 509 g/mol. The number of amides is 2. The lowest BCUT2D eigenvalue weighted by atomic mass is 10.1.